The number of nitriles is 1. The predicted octanol–water partition coefficient (Wildman–Crippen LogP) is 3.12. The van der Waals surface area contributed by atoms with Crippen LogP contribution in [0.15, 0.2) is 22.7 Å². The summed E-state index contributed by atoms with van der Waals surface area (Å²) < 4.78 is 2.91. The van der Waals surface area contributed by atoms with Gasteiger partial charge in [-0.05, 0) is 13.0 Å². The lowest BCUT2D eigenvalue weighted by molar-refractivity contribution is 0.872. The quantitative estimate of drug-likeness (QED) is 0.705. The molecule has 2 aromatic rings. The molecule has 0 spiro atoms. The minimum absolute atomic E-state index is 0.713. The normalized spacial score (nSPS) is 10.4. The van der Waals surface area contributed by atoms with Crippen molar-refractivity contribution in [1.82, 2.24) is 4.57 Å². The lowest BCUT2D eigenvalue weighted by Crippen LogP contribution is -1.93. The number of fused-ring (bicyclic) bond motifs is 1. The van der Waals surface area contributed by atoms with Crippen molar-refractivity contribution in [1.29, 1.82) is 5.26 Å². The lowest BCUT2D eigenvalue weighted by Gasteiger charge is -1.95. The summed E-state index contributed by atoms with van der Waals surface area (Å²) in [6.07, 6.45) is 0. The molecule has 0 amide bonds. The first-order valence-electron chi connectivity index (χ1n) is 4.30. The average molecular weight is 249 g/mol. The van der Waals surface area contributed by atoms with Crippen molar-refractivity contribution in [3.05, 3.63) is 34.1 Å². The number of halogens is 1. The van der Waals surface area contributed by atoms with Crippen LogP contribution in [-0.2, 0) is 7.05 Å². The van der Waals surface area contributed by atoms with E-state index in [4.69, 9.17) is 5.26 Å². The van der Waals surface area contributed by atoms with Gasteiger partial charge in [0.2, 0.25) is 0 Å². The molecule has 0 saturated heterocycles. The Bertz CT molecular complexity index is 546. The predicted molar refractivity (Wildman–Crippen MR) is 60.1 cm³/mol. The zero-order valence-electron chi connectivity index (χ0n) is 8.00. The van der Waals surface area contributed by atoms with Gasteiger partial charge in [-0.3, -0.25) is 0 Å². The van der Waals surface area contributed by atoms with E-state index in [1.807, 2.05) is 36.7 Å². The zero-order chi connectivity index (χ0) is 10.3. The fourth-order valence-electron chi connectivity index (χ4n) is 1.71. The van der Waals surface area contributed by atoms with Gasteiger partial charge in [-0.1, -0.05) is 28.1 Å². The largest absolute Gasteiger partial charge is 0.339 e. The van der Waals surface area contributed by atoms with Crippen molar-refractivity contribution in [3.63, 3.8) is 0 Å². The molecule has 0 aliphatic heterocycles. The molecule has 2 rings (SSSR count). The van der Waals surface area contributed by atoms with E-state index >= 15 is 0 Å². The van der Waals surface area contributed by atoms with Crippen molar-refractivity contribution < 1.29 is 0 Å². The maximum absolute atomic E-state index is 9.06. The number of aryl methyl sites for hydroxylation is 1. The van der Waals surface area contributed by atoms with Gasteiger partial charge in [0.05, 0.1) is 0 Å². The smallest absolute Gasteiger partial charge is 0.129 e. The van der Waals surface area contributed by atoms with E-state index in [2.05, 4.69) is 22.0 Å². The highest BCUT2D eigenvalue weighted by Gasteiger charge is 2.12. The van der Waals surface area contributed by atoms with Gasteiger partial charge in [-0.25, -0.2) is 0 Å². The van der Waals surface area contributed by atoms with E-state index in [-0.39, 0.29) is 0 Å². The molecular formula is C11H9BrN2. The maximum atomic E-state index is 9.06. The Balaban J connectivity index is 3.06. The van der Waals surface area contributed by atoms with Crippen molar-refractivity contribution in [2.24, 2.45) is 7.05 Å². The van der Waals surface area contributed by atoms with Gasteiger partial charge in [-0.2, -0.15) is 5.26 Å². The molecule has 0 bridgehead atoms. The number of aromatic nitrogens is 1. The number of nitrogens with zero attached hydrogens (tertiary/aromatic N) is 2. The molecule has 1 aromatic carbocycles. The Morgan fingerprint density at radius 1 is 1.43 bits per heavy atom. The minimum Gasteiger partial charge on any atom is -0.339 e. The summed E-state index contributed by atoms with van der Waals surface area (Å²) in [7, 11) is 1.92. The standard InChI is InChI=1S/C11H9BrN2/c1-7-8-4-3-5-9(12)11(8)10(6-13)14(7)2/h3-5H,1-2H3. The summed E-state index contributed by atoms with van der Waals surface area (Å²) in [5, 5.41) is 11.2. The third-order valence-electron chi connectivity index (χ3n) is 2.58. The van der Waals surface area contributed by atoms with Gasteiger partial charge in [0.25, 0.3) is 0 Å². The molecule has 0 radical (unpaired) electrons. The number of hydrogen-bond acceptors (Lipinski definition) is 1. The number of benzene rings is 1. The summed E-state index contributed by atoms with van der Waals surface area (Å²) in [5.41, 5.74) is 1.84. The zero-order valence-corrected chi connectivity index (χ0v) is 9.59. The van der Waals surface area contributed by atoms with E-state index in [1.165, 1.54) is 0 Å². The molecular weight excluding hydrogens is 240 g/mol. The van der Waals surface area contributed by atoms with Crippen molar-refractivity contribution in [2.45, 2.75) is 6.92 Å². The van der Waals surface area contributed by atoms with Crippen LogP contribution in [0.4, 0.5) is 0 Å². The lowest BCUT2D eigenvalue weighted by atomic mass is 10.1. The van der Waals surface area contributed by atoms with Crippen LogP contribution in [0, 0.1) is 18.3 Å². The fourth-order valence-corrected chi connectivity index (χ4v) is 2.27. The summed E-state index contributed by atoms with van der Waals surface area (Å²) in [4.78, 5) is 0. The van der Waals surface area contributed by atoms with Crippen LogP contribution in [0.5, 0.6) is 0 Å². The molecule has 0 unspecified atom stereocenters. The van der Waals surface area contributed by atoms with Gasteiger partial charge in [-0.15, -0.1) is 0 Å². The Kier molecular flexibility index (Phi) is 2.09. The van der Waals surface area contributed by atoms with Gasteiger partial charge in [0, 0.05) is 28.0 Å². The first-order chi connectivity index (χ1) is 6.66. The van der Waals surface area contributed by atoms with Crippen LogP contribution in [-0.4, -0.2) is 4.57 Å². The van der Waals surface area contributed by atoms with Gasteiger partial charge in [0.15, 0.2) is 0 Å². The molecule has 1 aromatic heterocycles. The molecule has 3 heteroatoms. The van der Waals surface area contributed by atoms with Crippen LogP contribution < -0.4 is 0 Å². The molecule has 0 atom stereocenters. The van der Waals surface area contributed by atoms with Gasteiger partial charge < -0.3 is 4.57 Å². The van der Waals surface area contributed by atoms with Crippen molar-refractivity contribution in [2.75, 3.05) is 0 Å². The summed E-state index contributed by atoms with van der Waals surface area (Å²) >= 11 is 3.47. The van der Waals surface area contributed by atoms with E-state index < -0.39 is 0 Å². The van der Waals surface area contributed by atoms with Gasteiger partial charge >= 0.3 is 0 Å². The molecule has 0 aliphatic carbocycles. The Morgan fingerprint density at radius 3 is 2.79 bits per heavy atom. The maximum Gasteiger partial charge on any atom is 0.129 e. The second kappa shape index (κ2) is 3.14. The van der Waals surface area contributed by atoms with Crippen molar-refractivity contribution in [3.8, 4) is 6.07 Å². The van der Waals surface area contributed by atoms with Crippen LogP contribution in [0.3, 0.4) is 0 Å². The third kappa shape index (κ3) is 1.08. The first kappa shape index (κ1) is 9.29. The second-order valence-electron chi connectivity index (χ2n) is 3.27. The van der Waals surface area contributed by atoms with E-state index in [0.717, 1.165) is 20.9 Å². The average Bonchev–Trinajstić information content (AvgIpc) is 2.43. The van der Waals surface area contributed by atoms with E-state index in [0.29, 0.717) is 5.69 Å². The van der Waals surface area contributed by atoms with Crippen LogP contribution >= 0.6 is 15.9 Å². The van der Waals surface area contributed by atoms with E-state index in [1.54, 1.807) is 0 Å². The Labute approximate surface area is 90.9 Å². The second-order valence-corrected chi connectivity index (χ2v) is 4.12. The molecule has 1 heterocycles. The minimum atomic E-state index is 0.713. The van der Waals surface area contributed by atoms with Crippen LogP contribution in [0.2, 0.25) is 0 Å². The highest BCUT2D eigenvalue weighted by molar-refractivity contribution is 9.10. The summed E-state index contributed by atoms with van der Waals surface area (Å²) in [6.45, 7) is 2.02. The van der Waals surface area contributed by atoms with Crippen LogP contribution in [0.1, 0.15) is 11.4 Å². The summed E-state index contributed by atoms with van der Waals surface area (Å²) in [5.74, 6) is 0. The monoisotopic (exact) mass is 248 g/mol. The number of rotatable bonds is 0. The van der Waals surface area contributed by atoms with Crippen molar-refractivity contribution >= 4 is 26.7 Å². The number of hydrogen-bond donors (Lipinski definition) is 0. The first-order valence-corrected chi connectivity index (χ1v) is 5.09. The van der Waals surface area contributed by atoms with Crippen LogP contribution in [0.25, 0.3) is 10.8 Å². The highest BCUT2D eigenvalue weighted by atomic mass is 79.9. The fraction of sp³-hybridized carbons (Fsp3) is 0.182. The Morgan fingerprint density at radius 2 is 2.14 bits per heavy atom. The molecule has 2 nitrogen and oxygen atoms in total. The summed E-state index contributed by atoms with van der Waals surface area (Å²) in [6, 6.07) is 8.22. The SMILES string of the molecule is Cc1c2cccc(Br)c2c(C#N)n1C. The van der Waals surface area contributed by atoms with Gasteiger partial charge in [0.1, 0.15) is 11.8 Å². The third-order valence-corrected chi connectivity index (χ3v) is 3.25. The highest BCUT2D eigenvalue weighted by Crippen LogP contribution is 2.30. The molecule has 14 heavy (non-hydrogen) atoms. The molecule has 0 N–H and O–H groups in total. The molecule has 0 fully saturated rings. The van der Waals surface area contributed by atoms with E-state index in [9.17, 15) is 0 Å². The molecule has 70 valence electrons. The molecule has 0 aliphatic rings. The Hall–Kier alpha value is -1.27. The molecule has 0 saturated carbocycles. The topological polar surface area (TPSA) is 28.7 Å².